The molecular weight excluding hydrogens is 155 g/mol. The van der Waals surface area contributed by atoms with E-state index >= 15 is 0 Å². The minimum absolute atomic E-state index is 0.243. The van der Waals surface area contributed by atoms with Gasteiger partial charge < -0.3 is 4.74 Å². The summed E-state index contributed by atoms with van der Waals surface area (Å²) in [6.45, 7) is 3.58. The van der Waals surface area contributed by atoms with E-state index in [1.165, 1.54) is 12.1 Å². The third-order valence-electron chi connectivity index (χ3n) is 1.61. The highest BCUT2D eigenvalue weighted by Crippen LogP contribution is 2.19. The highest BCUT2D eigenvalue weighted by molar-refractivity contribution is 5.35. The highest BCUT2D eigenvalue weighted by Gasteiger charge is 2.01. The van der Waals surface area contributed by atoms with Crippen molar-refractivity contribution in [2.45, 2.75) is 6.42 Å². The van der Waals surface area contributed by atoms with E-state index < -0.39 is 0 Å². The van der Waals surface area contributed by atoms with E-state index in [1.54, 1.807) is 19.3 Å². The lowest BCUT2D eigenvalue weighted by Gasteiger charge is -2.05. The minimum Gasteiger partial charge on any atom is -0.496 e. The minimum atomic E-state index is -0.243. The second-order valence-electron chi connectivity index (χ2n) is 2.45. The van der Waals surface area contributed by atoms with Crippen molar-refractivity contribution >= 4 is 0 Å². The molecule has 0 fully saturated rings. The molecular formula is C10H11FO. The Morgan fingerprint density at radius 3 is 2.92 bits per heavy atom. The van der Waals surface area contributed by atoms with E-state index in [4.69, 9.17) is 4.74 Å². The van der Waals surface area contributed by atoms with Crippen molar-refractivity contribution in [2.75, 3.05) is 7.11 Å². The molecule has 2 heteroatoms. The van der Waals surface area contributed by atoms with Crippen molar-refractivity contribution in [3.63, 3.8) is 0 Å². The lowest BCUT2D eigenvalue weighted by Crippen LogP contribution is -1.91. The molecule has 0 N–H and O–H groups in total. The van der Waals surface area contributed by atoms with E-state index in [0.717, 1.165) is 5.56 Å². The maximum atomic E-state index is 12.7. The van der Waals surface area contributed by atoms with Crippen molar-refractivity contribution in [3.8, 4) is 5.75 Å². The number of ether oxygens (including phenoxy) is 1. The Balaban J connectivity index is 3.03. The zero-order valence-electron chi connectivity index (χ0n) is 7.01. The van der Waals surface area contributed by atoms with Gasteiger partial charge in [-0.1, -0.05) is 6.08 Å². The van der Waals surface area contributed by atoms with Gasteiger partial charge in [-0.05, 0) is 24.6 Å². The summed E-state index contributed by atoms with van der Waals surface area (Å²) in [5.74, 6) is 0.462. The van der Waals surface area contributed by atoms with Gasteiger partial charge in [-0.25, -0.2) is 4.39 Å². The molecule has 0 aliphatic heterocycles. The van der Waals surface area contributed by atoms with Gasteiger partial charge in [0.2, 0.25) is 0 Å². The molecule has 0 aliphatic rings. The lowest BCUT2D eigenvalue weighted by atomic mass is 10.1. The zero-order valence-corrected chi connectivity index (χ0v) is 7.01. The summed E-state index contributed by atoms with van der Waals surface area (Å²) in [4.78, 5) is 0. The van der Waals surface area contributed by atoms with Crippen LogP contribution in [-0.4, -0.2) is 7.11 Å². The Morgan fingerprint density at radius 1 is 1.58 bits per heavy atom. The SMILES string of the molecule is C=CCc1cc(F)ccc1OC. The molecule has 0 heterocycles. The van der Waals surface area contributed by atoms with Crippen LogP contribution >= 0.6 is 0 Å². The van der Waals surface area contributed by atoms with Gasteiger partial charge in [0.1, 0.15) is 11.6 Å². The molecule has 1 aromatic rings. The molecule has 1 rings (SSSR count). The van der Waals surface area contributed by atoms with E-state index in [1.807, 2.05) is 0 Å². The van der Waals surface area contributed by atoms with Crippen molar-refractivity contribution in [2.24, 2.45) is 0 Å². The van der Waals surface area contributed by atoms with E-state index in [0.29, 0.717) is 12.2 Å². The number of rotatable bonds is 3. The third-order valence-corrected chi connectivity index (χ3v) is 1.61. The number of hydrogen-bond acceptors (Lipinski definition) is 1. The molecule has 0 aliphatic carbocycles. The summed E-state index contributed by atoms with van der Waals surface area (Å²) in [5.41, 5.74) is 0.826. The Morgan fingerprint density at radius 2 is 2.33 bits per heavy atom. The van der Waals surface area contributed by atoms with Crippen LogP contribution in [0.25, 0.3) is 0 Å². The van der Waals surface area contributed by atoms with Crippen LogP contribution in [0.4, 0.5) is 4.39 Å². The average Bonchev–Trinajstić information content (AvgIpc) is 2.05. The van der Waals surface area contributed by atoms with Gasteiger partial charge in [-0.3, -0.25) is 0 Å². The smallest absolute Gasteiger partial charge is 0.123 e. The molecule has 0 radical (unpaired) electrons. The average molecular weight is 166 g/mol. The molecule has 0 saturated heterocycles. The van der Waals surface area contributed by atoms with Crippen molar-refractivity contribution in [1.82, 2.24) is 0 Å². The van der Waals surface area contributed by atoms with E-state index in [-0.39, 0.29) is 5.82 Å². The molecule has 0 unspecified atom stereocenters. The van der Waals surface area contributed by atoms with Crippen molar-refractivity contribution in [3.05, 3.63) is 42.2 Å². The Hall–Kier alpha value is -1.31. The molecule has 0 aromatic heterocycles. The quantitative estimate of drug-likeness (QED) is 0.627. The zero-order chi connectivity index (χ0) is 8.97. The fourth-order valence-electron chi connectivity index (χ4n) is 1.06. The van der Waals surface area contributed by atoms with Crippen LogP contribution in [-0.2, 0) is 6.42 Å². The topological polar surface area (TPSA) is 9.23 Å². The maximum Gasteiger partial charge on any atom is 0.123 e. The third kappa shape index (κ3) is 1.84. The van der Waals surface area contributed by atoms with Crippen LogP contribution < -0.4 is 4.74 Å². The van der Waals surface area contributed by atoms with Gasteiger partial charge in [0.25, 0.3) is 0 Å². The summed E-state index contributed by atoms with van der Waals surface area (Å²) >= 11 is 0. The van der Waals surface area contributed by atoms with E-state index in [2.05, 4.69) is 6.58 Å². The Bertz CT molecular complexity index is 281. The van der Waals surface area contributed by atoms with Crippen LogP contribution in [0.15, 0.2) is 30.9 Å². The Labute approximate surface area is 71.5 Å². The number of halogens is 1. The summed E-state index contributed by atoms with van der Waals surface area (Å²) in [5, 5.41) is 0. The monoisotopic (exact) mass is 166 g/mol. The largest absolute Gasteiger partial charge is 0.496 e. The number of hydrogen-bond donors (Lipinski definition) is 0. The first-order chi connectivity index (χ1) is 5.77. The summed E-state index contributed by atoms with van der Waals surface area (Å²) in [6, 6.07) is 4.46. The Kier molecular flexibility index (Phi) is 2.86. The first-order valence-corrected chi connectivity index (χ1v) is 3.71. The predicted molar refractivity (Wildman–Crippen MR) is 46.9 cm³/mol. The molecule has 0 bridgehead atoms. The first kappa shape index (κ1) is 8.78. The lowest BCUT2D eigenvalue weighted by molar-refractivity contribution is 0.409. The van der Waals surface area contributed by atoms with Crippen LogP contribution in [0.5, 0.6) is 5.75 Å². The highest BCUT2D eigenvalue weighted by atomic mass is 19.1. The number of benzene rings is 1. The molecule has 0 spiro atoms. The van der Waals surface area contributed by atoms with Crippen LogP contribution in [0, 0.1) is 5.82 Å². The molecule has 0 atom stereocenters. The second kappa shape index (κ2) is 3.90. The molecule has 64 valence electrons. The van der Waals surface area contributed by atoms with Gasteiger partial charge in [-0.2, -0.15) is 0 Å². The number of allylic oxidation sites excluding steroid dienone is 1. The first-order valence-electron chi connectivity index (χ1n) is 3.71. The maximum absolute atomic E-state index is 12.7. The molecule has 12 heavy (non-hydrogen) atoms. The molecule has 0 saturated carbocycles. The summed E-state index contributed by atoms with van der Waals surface area (Å²) in [7, 11) is 1.57. The van der Waals surface area contributed by atoms with Gasteiger partial charge in [0, 0.05) is 5.56 Å². The van der Waals surface area contributed by atoms with Gasteiger partial charge in [-0.15, -0.1) is 6.58 Å². The second-order valence-corrected chi connectivity index (χ2v) is 2.45. The van der Waals surface area contributed by atoms with E-state index in [9.17, 15) is 4.39 Å². The fourth-order valence-corrected chi connectivity index (χ4v) is 1.06. The standard InChI is InChI=1S/C10H11FO/c1-3-4-8-7-9(11)5-6-10(8)12-2/h3,5-7H,1,4H2,2H3. The van der Waals surface area contributed by atoms with Crippen LogP contribution in [0.3, 0.4) is 0 Å². The molecule has 1 aromatic carbocycles. The number of methoxy groups -OCH3 is 1. The van der Waals surface area contributed by atoms with Crippen LogP contribution in [0.1, 0.15) is 5.56 Å². The van der Waals surface area contributed by atoms with Crippen LogP contribution in [0.2, 0.25) is 0 Å². The van der Waals surface area contributed by atoms with Gasteiger partial charge in [0.15, 0.2) is 0 Å². The molecule has 0 amide bonds. The summed E-state index contributed by atoms with van der Waals surface area (Å²) < 4.78 is 17.8. The van der Waals surface area contributed by atoms with Gasteiger partial charge >= 0.3 is 0 Å². The normalized spacial score (nSPS) is 9.50. The van der Waals surface area contributed by atoms with Gasteiger partial charge in [0.05, 0.1) is 7.11 Å². The molecule has 1 nitrogen and oxygen atoms in total. The predicted octanol–water partition coefficient (Wildman–Crippen LogP) is 2.56. The van der Waals surface area contributed by atoms with Crippen molar-refractivity contribution in [1.29, 1.82) is 0 Å². The summed E-state index contributed by atoms with van der Waals surface area (Å²) in [6.07, 6.45) is 2.35. The van der Waals surface area contributed by atoms with Crippen molar-refractivity contribution < 1.29 is 9.13 Å². The fraction of sp³-hybridized carbons (Fsp3) is 0.200.